The van der Waals surface area contributed by atoms with Crippen molar-refractivity contribution in [2.75, 3.05) is 0 Å². The van der Waals surface area contributed by atoms with Crippen LogP contribution in [0.4, 0.5) is 0 Å². The summed E-state index contributed by atoms with van der Waals surface area (Å²) in [7, 11) is 0. The first-order chi connectivity index (χ1) is 9.38. The molecule has 0 aliphatic rings. The molecule has 0 radical (unpaired) electrons. The second kappa shape index (κ2) is 4.07. The highest BCUT2D eigenvalue weighted by Crippen LogP contribution is 2.30. The SMILES string of the molecule is c1cnc2sc(Oc3ccc4cc[nH]c4c3)nc2c1. The van der Waals surface area contributed by atoms with Gasteiger partial charge in [0.05, 0.1) is 0 Å². The first-order valence-corrected chi connectivity index (χ1v) is 6.67. The Labute approximate surface area is 112 Å². The molecular formula is C14H9N3OS. The van der Waals surface area contributed by atoms with Crippen molar-refractivity contribution in [3.63, 3.8) is 0 Å². The zero-order valence-electron chi connectivity index (χ0n) is 9.83. The number of nitrogens with one attached hydrogen (secondary N) is 1. The molecule has 1 N–H and O–H groups in total. The van der Waals surface area contributed by atoms with Crippen LogP contribution in [0.2, 0.25) is 0 Å². The Kier molecular flexibility index (Phi) is 2.25. The normalized spacial score (nSPS) is 11.2. The number of rotatable bonds is 2. The molecule has 0 amide bonds. The molecule has 0 aliphatic heterocycles. The molecule has 92 valence electrons. The summed E-state index contributed by atoms with van der Waals surface area (Å²) < 4.78 is 5.79. The fourth-order valence-corrected chi connectivity index (χ4v) is 2.76. The van der Waals surface area contributed by atoms with Crippen LogP contribution in [0.1, 0.15) is 0 Å². The number of ether oxygens (including phenoxy) is 1. The summed E-state index contributed by atoms with van der Waals surface area (Å²) >= 11 is 1.44. The number of fused-ring (bicyclic) bond motifs is 2. The average molecular weight is 267 g/mol. The summed E-state index contributed by atoms with van der Waals surface area (Å²) in [6.07, 6.45) is 3.67. The monoisotopic (exact) mass is 267 g/mol. The van der Waals surface area contributed by atoms with E-state index in [4.69, 9.17) is 4.74 Å². The first kappa shape index (κ1) is 10.5. The molecule has 0 aliphatic carbocycles. The van der Waals surface area contributed by atoms with Crippen LogP contribution in [-0.2, 0) is 0 Å². The van der Waals surface area contributed by atoms with Gasteiger partial charge in [0, 0.05) is 24.0 Å². The van der Waals surface area contributed by atoms with Crippen LogP contribution in [-0.4, -0.2) is 15.0 Å². The number of aromatic amines is 1. The highest BCUT2D eigenvalue weighted by Gasteiger charge is 2.07. The van der Waals surface area contributed by atoms with Crippen LogP contribution in [0, 0.1) is 0 Å². The number of thiazole rings is 1. The van der Waals surface area contributed by atoms with Gasteiger partial charge >= 0.3 is 0 Å². The molecule has 1 aromatic carbocycles. The van der Waals surface area contributed by atoms with E-state index >= 15 is 0 Å². The van der Waals surface area contributed by atoms with Gasteiger partial charge < -0.3 is 9.72 Å². The number of hydrogen-bond acceptors (Lipinski definition) is 4. The Hall–Kier alpha value is -2.40. The number of benzene rings is 1. The van der Waals surface area contributed by atoms with Gasteiger partial charge in [0.25, 0.3) is 5.19 Å². The fraction of sp³-hybridized carbons (Fsp3) is 0. The number of pyridine rings is 1. The molecule has 4 nitrogen and oxygen atoms in total. The summed E-state index contributed by atoms with van der Waals surface area (Å²) in [6, 6.07) is 11.8. The first-order valence-electron chi connectivity index (χ1n) is 5.85. The number of H-pyrrole nitrogens is 1. The van der Waals surface area contributed by atoms with Crippen molar-refractivity contribution in [1.82, 2.24) is 15.0 Å². The lowest BCUT2D eigenvalue weighted by molar-refractivity contribution is 0.481. The van der Waals surface area contributed by atoms with E-state index < -0.39 is 0 Å². The number of hydrogen-bond donors (Lipinski definition) is 1. The van der Waals surface area contributed by atoms with E-state index in [1.807, 2.05) is 42.6 Å². The van der Waals surface area contributed by atoms with E-state index in [0.717, 1.165) is 21.6 Å². The summed E-state index contributed by atoms with van der Waals surface area (Å²) in [5, 5.41) is 1.78. The predicted octanol–water partition coefficient (Wildman–Crippen LogP) is 3.96. The van der Waals surface area contributed by atoms with Crippen molar-refractivity contribution in [1.29, 1.82) is 0 Å². The smallest absolute Gasteiger partial charge is 0.281 e. The largest absolute Gasteiger partial charge is 0.431 e. The van der Waals surface area contributed by atoms with Crippen molar-refractivity contribution >= 4 is 32.6 Å². The predicted molar refractivity (Wildman–Crippen MR) is 75.8 cm³/mol. The summed E-state index contributed by atoms with van der Waals surface area (Å²) in [5.74, 6) is 0.772. The molecule has 19 heavy (non-hydrogen) atoms. The van der Waals surface area contributed by atoms with E-state index in [1.54, 1.807) is 6.20 Å². The molecule has 0 spiro atoms. The van der Waals surface area contributed by atoms with Crippen molar-refractivity contribution in [2.24, 2.45) is 0 Å². The zero-order valence-corrected chi connectivity index (χ0v) is 10.6. The Bertz CT molecular complexity index is 832. The molecular weight excluding hydrogens is 258 g/mol. The lowest BCUT2D eigenvalue weighted by atomic mass is 10.2. The molecule has 0 fully saturated rings. The van der Waals surface area contributed by atoms with Gasteiger partial charge in [-0.3, -0.25) is 0 Å². The van der Waals surface area contributed by atoms with Gasteiger partial charge in [0.15, 0.2) is 0 Å². The zero-order chi connectivity index (χ0) is 12.7. The van der Waals surface area contributed by atoms with Crippen molar-refractivity contribution < 1.29 is 4.74 Å². The van der Waals surface area contributed by atoms with E-state index in [2.05, 4.69) is 15.0 Å². The third-order valence-electron chi connectivity index (χ3n) is 2.88. The topological polar surface area (TPSA) is 50.8 Å². The van der Waals surface area contributed by atoms with Crippen LogP contribution < -0.4 is 4.74 Å². The standard InChI is InChI=1S/C14H9N3OS/c1-2-11-13(16-6-1)19-14(17-11)18-10-4-3-9-5-7-15-12(9)8-10/h1-8,15H. The Balaban J connectivity index is 1.72. The third-order valence-corrected chi connectivity index (χ3v) is 3.74. The summed E-state index contributed by atoms with van der Waals surface area (Å²) in [6.45, 7) is 0. The Morgan fingerprint density at radius 1 is 1.16 bits per heavy atom. The van der Waals surface area contributed by atoms with E-state index in [9.17, 15) is 0 Å². The maximum absolute atomic E-state index is 5.79. The molecule has 0 atom stereocenters. The van der Waals surface area contributed by atoms with Gasteiger partial charge in [-0.05, 0) is 35.7 Å². The van der Waals surface area contributed by atoms with Gasteiger partial charge in [-0.2, -0.15) is 0 Å². The van der Waals surface area contributed by atoms with E-state index in [1.165, 1.54) is 16.7 Å². The maximum Gasteiger partial charge on any atom is 0.281 e. The van der Waals surface area contributed by atoms with E-state index in [-0.39, 0.29) is 0 Å². The van der Waals surface area contributed by atoms with E-state index in [0.29, 0.717) is 5.19 Å². The van der Waals surface area contributed by atoms with Crippen LogP contribution in [0.5, 0.6) is 10.9 Å². The molecule has 3 aromatic heterocycles. The van der Waals surface area contributed by atoms with Crippen LogP contribution in [0.3, 0.4) is 0 Å². The number of aromatic nitrogens is 3. The fourth-order valence-electron chi connectivity index (χ4n) is 1.98. The summed E-state index contributed by atoms with van der Waals surface area (Å²) in [5.41, 5.74) is 1.92. The Morgan fingerprint density at radius 2 is 2.16 bits per heavy atom. The second-order valence-corrected chi connectivity index (χ2v) is 5.08. The van der Waals surface area contributed by atoms with Crippen LogP contribution in [0.15, 0.2) is 48.8 Å². The van der Waals surface area contributed by atoms with Gasteiger partial charge in [0.2, 0.25) is 0 Å². The minimum absolute atomic E-state index is 0.611. The molecule has 3 heterocycles. The van der Waals surface area contributed by atoms with Crippen molar-refractivity contribution in [3.8, 4) is 10.9 Å². The molecule has 4 aromatic rings. The van der Waals surface area contributed by atoms with Gasteiger partial charge in [-0.15, -0.1) is 0 Å². The quantitative estimate of drug-likeness (QED) is 0.598. The molecule has 5 heteroatoms. The minimum atomic E-state index is 0.611. The van der Waals surface area contributed by atoms with Crippen molar-refractivity contribution in [3.05, 3.63) is 48.8 Å². The lowest BCUT2D eigenvalue weighted by Gasteiger charge is -2.00. The lowest BCUT2D eigenvalue weighted by Crippen LogP contribution is -1.82. The second-order valence-electron chi connectivity index (χ2n) is 4.14. The maximum atomic E-state index is 5.79. The third kappa shape index (κ3) is 1.84. The Morgan fingerprint density at radius 3 is 3.11 bits per heavy atom. The number of nitrogens with zero attached hydrogens (tertiary/aromatic N) is 2. The minimum Gasteiger partial charge on any atom is -0.431 e. The molecule has 0 saturated heterocycles. The van der Waals surface area contributed by atoms with Crippen molar-refractivity contribution in [2.45, 2.75) is 0 Å². The molecule has 0 bridgehead atoms. The molecule has 0 saturated carbocycles. The molecule has 4 rings (SSSR count). The highest BCUT2D eigenvalue weighted by molar-refractivity contribution is 7.19. The van der Waals surface area contributed by atoms with Crippen LogP contribution >= 0.6 is 11.3 Å². The highest BCUT2D eigenvalue weighted by atomic mass is 32.1. The average Bonchev–Trinajstić information content (AvgIpc) is 3.03. The van der Waals surface area contributed by atoms with Gasteiger partial charge in [0.1, 0.15) is 16.1 Å². The van der Waals surface area contributed by atoms with Crippen LogP contribution in [0.25, 0.3) is 21.3 Å². The summed E-state index contributed by atoms with van der Waals surface area (Å²) in [4.78, 5) is 12.7. The van der Waals surface area contributed by atoms with Gasteiger partial charge in [-0.25, -0.2) is 9.97 Å². The molecule has 0 unspecified atom stereocenters. The van der Waals surface area contributed by atoms with Gasteiger partial charge in [-0.1, -0.05) is 11.3 Å².